The lowest BCUT2D eigenvalue weighted by atomic mass is 10.3. The fraction of sp³-hybridized carbons (Fsp3) is 0.333. The van der Waals surface area contributed by atoms with Gasteiger partial charge >= 0.3 is 0 Å². The SMILES string of the molecule is Cc1ccc2nc(CSc3nnc(C4CC4)o3)cc(=O)n2c1. The van der Waals surface area contributed by atoms with Crippen molar-refractivity contribution in [1.29, 1.82) is 0 Å². The zero-order valence-electron chi connectivity index (χ0n) is 12.0. The fourth-order valence-corrected chi connectivity index (χ4v) is 2.90. The molecular weight excluding hydrogens is 300 g/mol. The van der Waals surface area contributed by atoms with E-state index in [9.17, 15) is 4.79 Å². The van der Waals surface area contributed by atoms with Gasteiger partial charge in [-0.05, 0) is 31.4 Å². The predicted octanol–water partition coefficient (Wildman–Crippen LogP) is 2.56. The second-order valence-electron chi connectivity index (χ2n) is 5.49. The molecule has 0 atom stereocenters. The number of thioether (sulfide) groups is 1. The number of aromatic nitrogens is 4. The van der Waals surface area contributed by atoms with Crippen molar-refractivity contribution in [2.45, 2.75) is 36.7 Å². The predicted molar refractivity (Wildman–Crippen MR) is 82.0 cm³/mol. The molecule has 3 aromatic rings. The number of rotatable bonds is 4. The smallest absolute Gasteiger partial charge is 0.276 e. The maximum absolute atomic E-state index is 12.1. The van der Waals surface area contributed by atoms with Crippen molar-refractivity contribution in [3.8, 4) is 0 Å². The van der Waals surface area contributed by atoms with Gasteiger partial charge in [0.05, 0.1) is 5.69 Å². The number of hydrogen-bond donors (Lipinski definition) is 0. The Balaban J connectivity index is 1.55. The van der Waals surface area contributed by atoms with E-state index in [1.165, 1.54) is 11.8 Å². The van der Waals surface area contributed by atoms with Gasteiger partial charge in [-0.25, -0.2) is 4.98 Å². The van der Waals surface area contributed by atoms with Crippen LogP contribution < -0.4 is 5.56 Å². The van der Waals surface area contributed by atoms with Crippen molar-refractivity contribution in [2.24, 2.45) is 0 Å². The quantitative estimate of drug-likeness (QED) is 0.689. The minimum absolute atomic E-state index is 0.0755. The molecule has 0 aliphatic heterocycles. The molecule has 112 valence electrons. The lowest BCUT2D eigenvalue weighted by Gasteiger charge is -2.03. The molecular formula is C15H14N4O2S. The first-order valence-electron chi connectivity index (χ1n) is 7.14. The highest BCUT2D eigenvalue weighted by Gasteiger charge is 2.29. The van der Waals surface area contributed by atoms with Crippen LogP contribution >= 0.6 is 11.8 Å². The molecule has 0 unspecified atom stereocenters. The first kappa shape index (κ1) is 13.5. The number of aryl methyl sites for hydroxylation is 1. The van der Waals surface area contributed by atoms with Crippen molar-refractivity contribution in [2.75, 3.05) is 0 Å². The number of hydrogen-bond acceptors (Lipinski definition) is 6. The maximum atomic E-state index is 12.1. The second-order valence-corrected chi connectivity index (χ2v) is 6.42. The van der Waals surface area contributed by atoms with Gasteiger partial charge in [-0.15, -0.1) is 10.2 Å². The van der Waals surface area contributed by atoms with E-state index in [2.05, 4.69) is 15.2 Å². The van der Waals surface area contributed by atoms with Crippen LogP contribution in [0, 0.1) is 6.92 Å². The lowest BCUT2D eigenvalue weighted by Crippen LogP contribution is -2.15. The summed E-state index contributed by atoms with van der Waals surface area (Å²) in [5.74, 6) is 1.71. The Kier molecular flexibility index (Phi) is 3.22. The summed E-state index contributed by atoms with van der Waals surface area (Å²) in [5, 5.41) is 8.60. The summed E-state index contributed by atoms with van der Waals surface area (Å²) in [6.07, 6.45) is 4.06. The molecule has 0 radical (unpaired) electrons. The monoisotopic (exact) mass is 314 g/mol. The third-order valence-electron chi connectivity index (χ3n) is 3.55. The van der Waals surface area contributed by atoms with Gasteiger partial charge in [0, 0.05) is 23.9 Å². The number of nitrogens with zero attached hydrogens (tertiary/aromatic N) is 4. The Labute approximate surface area is 130 Å². The molecule has 7 heteroatoms. The van der Waals surface area contributed by atoms with Crippen molar-refractivity contribution >= 4 is 17.4 Å². The van der Waals surface area contributed by atoms with Gasteiger partial charge in [-0.2, -0.15) is 0 Å². The third-order valence-corrected chi connectivity index (χ3v) is 4.40. The molecule has 3 heterocycles. The van der Waals surface area contributed by atoms with Crippen LogP contribution in [0.25, 0.3) is 5.65 Å². The molecule has 1 fully saturated rings. The van der Waals surface area contributed by atoms with Gasteiger partial charge in [-0.1, -0.05) is 17.8 Å². The normalized spacial score (nSPS) is 14.6. The highest BCUT2D eigenvalue weighted by Crippen LogP contribution is 2.39. The molecule has 4 rings (SSSR count). The Bertz CT molecular complexity index is 898. The van der Waals surface area contributed by atoms with Gasteiger partial charge in [0.2, 0.25) is 5.89 Å². The largest absolute Gasteiger partial charge is 0.416 e. The Morgan fingerprint density at radius 2 is 2.23 bits per heavy atom. The summed E-state index contributed by atoms with van der Waals surface area (Å²) in [7, 11) is 0. The van der Waals surface area contributed by atoms with Gasteiger partial charge < -0.3 is 4.42 Å². The summed E-state index contributed by atoms with van der Waals surface area (Å²) in [6.45, 7) is 1.95. The van der Waals surface area contributed by atoms with Crippen molar-refractivity contribution in [3.63, 3.8) is 0 Å². The van der Waals surface area contributed by atoms with Crippen molar-refractivity contribution in [1.82, 2.24) is 19.6 Å². The van der Waals surface area contributed by atoms with Crippen LogP contribution in [0.4, 0.5) is 0 Å². The molecule has 3 aromatic heterocycles. The first-order chi connectivity index (χ1) is 10.7. The van der Waals surface area contributed by atoms with E-state index in [1.54, 1.807) is 16.7 Å². The topological polar surface area (TPSA) is 73.3 Å². The molecule has 1 aliphatic rings. The zero-order valence-corrected chi connectivity index (χ0v) is 12.8. The first-order valence-corrected chi connectivity index (χ1v) is 8.13. The minimum Gasteiger partial charge on any atom is -0.416 e. The van der Waals surface area contributed by atoms with Crippen LogP contribution in [0.15, 0.2) is 38.8 Å². The van der Waals surface area contributed by atoms with E-state index in [0.29, 0.717) is 28.2 Å². The average molecular weight is 314 g/mol. The van der Waals surface area contributed by atoms with Crippen LogP contribution in [0.3, 0.4) is 0 Å². The van der Waals surface area contributed by atoms with E-state index < -0.39 is 0 Å². The van der Waals surface area contributed by atoms with Gasteiger partial charge in [0.15, 0.2) is 0 Å². The van der Waals surface area contributed by atoms with Crippen LogP contribution in [-0.4, -0.2) is 19.6 Å². The second kappa shape index (κ2) is 5.24. The summed E-state index contributed by atoms with van der Waals surface area (Å²) in [4.78, 5) is 16.6. The van der Waals surface area contributed by atoms with Gasteiger partial charge in [0.1, 0.15) is 5.65 Å². The molecule has 0 amide bonds. The number of pyridine rings is 1. The lowest BCUT2D eigenvalue weighted by molar-refractivity contribution is 0.414. The third kappa shape index (κ3) is 2.64. The molecule has 0 bridgehead atoms. The summed E-state index contributed by atoms with van der Waals surface area (Å²) in [6, 6.07) is 5.35. The Hall–Kier alpha value is -2.15. The van der Waals surface area contributed by atoms with Crippen LogP contribution in [-0.2, 0) is 5.75 Å². The van der Waals surface area contributed by atoms with E-state index in [-0.39, 0.29) is 5.56 Å². The molecule has 1 saturated carbocycles. The summed E-state index contributed by atoms with van der Waals surface area (Å²) < 4.78 is 7.15. The van der Waals surface area contributed by atoms with E-state index in [4.69, 9.17) is 4.42 Å². The molecule has 0 saturated heterocycles. The van der Waals surface area contributed by atoms with E-state index in [0.717, 1.165) is 24.3 Å². The summed E-state index contributed by atoms with van der Waals surface area (Å²) >= 11 is 1.41. The Morgan fingerprint density at radius 1 is 1.36 bits per heavy atom. The van der Waals surface area contributed by atoms with Gasteiger partial charge in [-0.3, -0.25) is 9.20 Å². The molecule has 1 aliphatic carbocycles. The van der Waals surface area contributed by atoms with Crippen LogP contribution in [0.2, 0.25) is 0 Å². The van der Waals surface area contributed by atoms with E-state index in [1.807, 2.05) is 19.1 Å². The van der Waals surface area contributed by atoms with Crippen molar-refractivity contribution in [3.05, 3.63) is 51.9 Å². The highest BCUT2D eigenvalue weighted by atomic mass is 32.2. The molecule has 22 heavy (non-hydrogen) atoms. The zero-order chi connectivity index (χ0) is 15.1. The van der Waals surface area contributed by atoms with E-state index >= 15 is 0 Å². The molecule has 0 N–H and O–H groups in total. The van der Waals surface area contributed by atoms with Crippen molar-refractivity contribution < 1.29 is 4.42 Å². The maximum Gasteiger partial charge on any atom is 0.276 e. The minimum atomic E-state index is -0.0755. The number of fused-ring (bicyclic) bond motifs is 1. The van der Waals surface area contributed by atoms with Crippen LogP contribution in [0.1, 0.15) is 35.9 Å². The highest BCUT2D eigenvalue weighted by molar-refractivity contribution is 7.98. The van der Waals surface area contributed by atoms with Gasteiger partial charge in [0.25, 0.3) is 10.8 Å². The van der Waals surface area contributed by atoms with Crippen LogP contribution in [0.5, 0.6) is 0 Å². The molecule has 0 spiro atoms. The molecule has 0 aromatic carbocycles. The molecule has 6 nitrogen and oxygen atoms in total. The average Bonchev–Trinajstić information content (AvgIpc) is 3.25. The fourth-order valence-electron chi connectivity index (χ4n) is 2.24. The summed E-state index contributed by atoms with van der Waals surface area (Å²) in [5.41, 5.74) is 2.31. The standard InChI is InChI=1S/C15H14N4O2S/c1-9-2-5-12-16-11(6-13(20)19(12)7-9)8-22-15-18-17-14(21-15)10-3-4-10/h2,5-7,10H,3-4,8H2,1H3. The Morgan fingerprint density at radius 3 is 3.05 bits per heavy atom.